The molecule has 1 atom stereocenters. The van der Waals surface area contributed by atoms with Crippen LogP contribution in [0.3, 0.4) is 0 Å². The van der Waals surface area contributed by atoms with Crippen LogP contribution in [0.25, 0.3) is 0 Å². The molecule has 1 aromatic carbocycles. The van der Waals surface area contributed by atoms with Crippen LogP contribution in [-0.4, -0.2) is 38.9 Å². The SMILES string of the molecule is Cc1cc(OCC(=O)NCCCC(=O)O)cc(C)c1S(=O)[O-]. The third-order valence-electron chi connectivity index (χ3n) is 2.86. The minimum atomic E-state index is -2.32. The maximum atomic E-state index is 11.5. The molecule has 122 valence electrons. The molecule has 0 aliphatic rings. The molecule has 0 aliphatic carbocycles. The van der Waals surface area contributed by atoms with E-state index in [1.54, 1.807) is 26.0 Å². The van der Waals surface area contributed by atoms with E-state index in [0.29, 0.717) is 23.3 Å². The second kappa shape index (κ2) is 8.50. The fourth-order valence-electron chi connectivity index (χ4n) is 1.92. The molecule has 7 nitrogen and oxygen atoms in total. The predicted molar refractivity (Wildman–Crippen MR) is 78.5 cm³/mol. The van der Waals surface area contributed by atoms with Gasteiger partial charge in [-0.2, -0.15) is 0 Å². The number of nitrogens with one attached hydrogen (secondary N) is 1. The molecule has 0 saturated carbocycles. The fourth-order valence-corrected chi connectivity index (χ4v) is 2.57. The maximum Gasteiger partial charge on any atom is 0.303 e. The third kappa shape index (κ3) is 5.82. The molecule has 0 bridgehead atoms. The van der Waals surface area contributed by atoms with Crippen LogP contribution in [0.5, 0.6) is 5.75 Å². The standard InChI is InChI=1S/C14H19NO6S/c1-9-6-11(7-10(2)14(9)22(19)20)21-8-12(16)15-5-3-4-13(17)18/h6-7H,3-5,8H2,1-2H3,(H,15,16)(H,17,18)(H,19,20)/p-1. The molecule has 22 heavy (non-hydrogen) atoms. The second-order valence-corrected chi connectivity index (χ2v) is 5.63. The Kier molecular flexibility index (Phi) is 7.00. The highest BCUT2D eigenvalue weighted by molar-refractivity contribution is 7.79. The summed E-state index contributed by atoms with van der Waals surface area (Å²) in [6, 6.07) is 3.10. The van der Waals surface area contributed by atoms with Crippen molar-refractivity contribution in [1.82, 2.24) is 5.32 Å². The zero-order valence-corrected chi connectivity index (χ0v) is 13.2. The highest BCUT2D eigenvalue weighted by Gasteiger charge is 2.08. The Morgan fingerprint density at radius 1 is 1.32 bits per heavy atom. The summed E-state index contributed by atoms with van der Waals surface area (Å²) >= 11 is -2.32. The lowest BCUT2D eigenvalue weighted by Gasteiger charge is -2.15. The largest absolute Gasteiger partial charge is 0.768 e. The first kappa shape index (κ1) is 18.1. The van der Waals surface area contributed by atoms with Gasteiger partial charge in [0.05, 0.1) is 0 Å². The molecule has 0 heterocycles. The third-order valence-corrected chi connectivity index (χ3v) is 3.84. The van der Waals surface area contributed by atoms with Gasteiger partial charge in [-0.15, -0.1) is 0 Å². The molecule has 1 amide bonds. The first-order valence-electron chi connectivity index (χ1n) is 6.63. The van der Waals surface area contributed by atoms with E-state index in [1.807, 2.05) is 0 Å². The highest BCUT2D eigenvalue weighted by Crippen LogP contribution is 2.23. The number of aliphatic carboxylic acids is 1. The number of amides is 1. The number of carboxylic acid groups (broad SMARTS) is 1. The summed E-state index contributed by atoms with van der Waals surface area (Å²) in [4.78, 5) is 22.1. The average molecular weight is 328 g/mol. The van der Waals surface area contributed by atoms with E-state index in [4.69, 9.17) is 9.84 Å². The number of rotatable bonds is 8. The molecule has 8 heteroatoms. The number of carbonyl (C=O) groups excluding carboxylic acids is 1. The summed E-state index contributed by atoms with van der Waals surface area (Å²) in [6.07, 6.45) is 0.344. The number of carbonyl (C=O) groups is 2. The van der Waals surface area contributed by atoms with Crippen LogP contribution >= 0.6 is 0 Å². The summed E-state index contributed by atoms with van der Waals surface area (Å²) < 4.78 is 27.4. The normalized spacial score (nSPS) is 11.8. The second-order valence-electron chi connectivity index (χ2n) is 4.76. The van der Waals surface area contributed by atoms with E-state index in [1.165, 1.54) is 0 Å². The Hall–Kier alpha value is -1.93. The Morgan fingerprint density at radius 2 is 1.91 bits per heavy atom. The van der Waals surface area contributed by atoms with Crippen molar-refractivity contribution in [3.63, 3.8) is 0 Å². The van der Waals surface area contributed by atoms with E-state index in [0.717, 1.165) is 0 Å². The van der Waals surface area contributed by atoms with E-state index < -0.39 is 17.0 Å². The van der Waals surface area contributed by atoms with Crippen LogP contribution in [-0.2, 0) is 20.7 Å². The highest BCUT2D eigenvalue weighted by atomic mass is 32.2. The van der Waals surface area contributed by atoms with E-state index in [9.17, 15) is 18.4 Å². The van der Waals surface area contributed by atoms with Crippen molar-refractivity contribution in [3.8, 4) is 5.75 Å². The van der Waals surface area contributed by atoms with E-state index >= 15 is 0 Å². The van der Waals surface area contributed by atoms with Gasteiger partial charge in [-0.3, -0.25) is 13.8 Å². The summed E-state index contributed by atoms with van der Waals surface area (Å²) in [5.41, 5.74) is 1.09. The summed E-state index contributed by atoms with van der Waals surface area (Å²) in [5, 5.41) is 11.0. The van der Waals surface area contributed by atoms with Crippen LogP contribution in [0.1, 0.15) is 24.0 Å². The lowest BCUT2D eigenvalue weighted by atomic mass is 10.1. The van der Waals surface area contributed by atoms with Gasteiger partial charge in [-0.25, -0.2) is 0 Å². The van der Waals surface area contributed by atoms with Crippen molar-refractivity contribution in [2.24, 2.45) is 0 Å². The Labute approximate surface area is 131 Å². The van der Waals surface area contributed by atoms with E-state index in [-0.39, 0.29) is 30.4 Å². The van der Waals surface area contributed by atoms with Crippen LogP contribution < -0.4 is 10.1 Å². The number of hydrogen-bond acceptors (Lipinski definition) is 5. The minimum Gasteiger partial charge on any atom is -0.768 e. The predicted octanol–water partition coefficient (Wildman–Crippen LogP) is 0.901. The van der Waals surface area contributed by atoms with Gasteiger partial charge in [-0.1, -0.05) is 0 Å². The van der Waals surface area contributed by atoms with Crippen molar-refractivity contribution >= 4 is 23.0 Å². The van der Waals surface area contributed by atoms with Gasteiger partial charge in [0.15, 0.2) is 6.61 Å². The quantitative estimate of drug-likeness (QED) is 0.541. The van der Waals surface area contributed by atoms with Gasteiger partial charge in [0.25, 0.3) is 5.91 Å². The number of aryl methyl sites for hydroxylation is 2. The van der Waals surface area contributed by atoms with Gasteiger partial charge < -0.3 is 19.7 Å². The van der Waals surface area contributed by atoms with Crippen molar-refractivity contribution in [2.75, 3.05) is 13.2 Å². The summed E-state index contributed by atoms with van der Waals surface area (Å²) in [5.74, 6) is -0.866. The van der Waals surface area contributed by atoms with Crippen molar-refractivity contribution in [2.45, 2.75) is 31.6 Å². The van der Waals surface area contributed by atoms with Crippen molar-refractivity contribution in [1.29, 1.82) is 0 Å². The fraction of sp³-hybridized carbons (Fsp3) is 0.429. The Balaban J connectivity index is 2.49. The Bertz CT molecular complexity index is 564. The molecule has 0 saturated heterocycles. The zero-order chi connectivity index (χ0) is 16.7. The summed E-state index contributed by atoms with van der Waals surface area (Å²) in [7, 11) is 0. The van der Waals surface area contributed by atoms with Gasteiger partial charge in [0, 0.05) is 17.9 Å². The van der Waals surface area contributed by atoms with Gasteiger partial charge in [0.1, 0.15) is 5.75 Å². The monoisotopic (exact) mass is 328 g/mol. The number of hydrogen-bond donors (Lipinski definition) is 2. The van der Waals surface area contributed by atoms with Gasteiger partial charge >= 0.3 is 5.97 Å². The number of carboxylic acids is 1. The smallest absolute Gasteiger partial charge is 0.303 e. The van der Waals surface area contributed by atoms with Crippen molar-refractivity contribution < 1.29 is 28.2 Å². The lowest BCUT2D eigenvalue weighted by Crippen LogP contribution is -2.30. The van der Waals surface area contributed by atoms with Crippen molar-refractivity contribution in [3.05, 3.63) is 23.3 Å². The Morgan fingerprint density at radius 3 is 2.41 bits per heavy atom. The van der Waals surface area contributed by atoms with Crippen LogP contribution in [0.2, 0.25) is 0 Å². The molecule has 0 spiro atoms. The topological polar surface area (TPSA) is 116 Å². The molecule has 1 rings (SSSR count). The summed E-state index contributed by atoms with van der Waals surface area (Å²) in [6.45, 7) is 3.35. The minimum absolute atomic E-state index is 0.00662. The van der Waals surface area contributed by atoms with Gasteiger partial charge in [-0.05, 0) is 54.6 Å². The molecule has 0 aromatic heterocycles. The molecule has 0 radical (unpaired) electrons. The number of ether oxygens (including phenoxy) is 1. The molecule has 0 fully saturated rings. The van der Waals surface area contributed by atoms with Crippen LogP contribution in [0.15, 0.2) is 17.0 Å². The maximum absolute atomic E-state index is 11.5. The molecular formula is C14H18NO6S-. The first-order chi connectivity index (χ1) is 10.3. The molecule has 2 N–H and O–H groups in total. The van der Waals surface area contributed by atoms with E-state index in [2.05, 4.69) is 5.32 Å². The number of benzene rings is 1. The first-order valence-corrected chi connectivity index (χ1v) is 7.70. The van der Waals surface area contributed by atoms with Gasteiger partial charge in [0.2, 0.25) is 0 Å². The molecular weight excluding hydrogens is 310 g/mol. The lowest BCUT2D eigenvalue weighted by molar-refractivity contribution is -0.137. The molecule has 1 aromatic rings. The average Bonchev–Trinajstić information content (AvgIpc) is 2.40. The zero-order valence-electron chi connectivity index (χ0n) is 12.4. The van der Waals surface area contributed by atoms with Crippen LogP contribution in [0.4, 0.5) is 0 Å². The van der Waals surface area contributed by atoms with Crippen LogP contribution in [0, 0.1) is 13.8 Å². The molecule has 0 aliphatic heterocycles. The molecule has 1 unspecified atom stereocenters.